The Bertz CT molecular complexity index is 355. The fourth-order valence-electron chi connectivity index (χ4n) is 3.04. The summed E-state index contributed by atoms with van der Waals surface area (Å²) in [5.41, 5.74) is 0. The number of urea groups is 1. The van der Waals surface area contributed by atoms with Gasteiger partial charge in [-0.15, -0.1) is 0 Å². The van der Waals surface area contributed by atoms with Crippen LogP contribution in [0.2, 0.25) is 0 Å². The van der Waals surface area contributed by atoms with E-state index in [9.17, 15) is 9.59 Å². The minimum absolute atomic E-state index is 0.0196. The first-order valence-corrected chi connectivity index (χ1v) is 7.23. The predicted molar refractivity (Wildman–Crippen MR) is 71.9 cm³/mol. The van der Waals surface area contributed by atoms with Gasteiger partial charge in [0, 0.05) is 26.2 Å². The zero-order valence-electron chi connectivity index (χ0n) is 11.8. The average Bonchev–Trinajstić information content (AvgIpc) is 2.32. The number of carboxylic acids is 1. The van der Waals surface area contributed by atoms with Crippen LogP contribution in [0.15, 0.2) is 0 Å². The van der Waals surface area contributed by atoms with Gasteiger partial charge in [-0.2, -0.15) is 0 Å². The summed E-state index contributed by atoms with van der Waals surface area (Å²) in [6, 6.07) is 0.0782. The summed E-state index contributed by atoms with van der Waals surface area (Å²) in [7, 11) is 1.86. The van der Waals surface area contributed by atoms with E-state index in [0.29, 0.717) is 25.3 Å². The van der Waals surface area contributed by atoms with E-state index in [-0.39, 0.29) is 18.0 Å². The zero-order chi connectivity index (χ0) is 14.0. The molecule has 0 aromatic heterocycles. The summed E-state index contributed by atoms with van der Waals surface area (Å²) in [6.45, 7) is 3.35. The molecule has 19 heavy (non-hydrogen) atoms. The first-order valence-electron chi connectivity index (χ1n) is 7.23. The van der Waals surface area contributed by atoms with Gasteiger partial charge < -0.3 is 14.9 Å². The monoisotopic (exact) mass is 268 g/mol. The second-order valence-electron chi connectivity index (χ2n) is 6.06. The molecule has 0 aromatic carbocycles. The Hall–Kier alpha value is -1.26. The fourth-order valence-corrected chi connectivity index (χ4v) is 3.04. The number of rotatable bonds is 3. The molecule has 1 heterocycles. The third kappa shape index (κ3) is 3.19. The molecule has 5 heteroatoms. The van der Waals surface area contributed by atoms with Crippen molar-refractivity contribution in [2.75, 3.05) is 20.1 Å². The molecular formula is C14H24N2O3. The number of hydrogen-bond acceptors (Lipinski definition) is 2. The van der Waals surface area contributed by atoms with Crippen LogP contribution < -0.4 is 0 Å². The summed E-state index contributed by atoms with van der Waals surface area (Å²) in [6.07, 6.45) is 4.89. The molecule has 1 N–H and O–H groups in total. The van der Waals surface area contributed by atoms with E-state index in [1.54, 1.807) is 4.90 Å². The Morgan fingerprint density at radius 2 is 2.00 bits per heavy atom. The quantitative estimate of drug-likeness (QED) is 0.852. The average molecular weight is 268 g/mol. The van der Waals surface area contributed by atoms with E-state index < -0.39 is 5.97 Å². The Kier molecular flexibility index (Phi) is 4.32. The highest BCUT2D eigenvalue weighted by Crippen LogP contribution is 2.28. The third-order valence-corrected chi connectivity index (χ3v) is 4.55. The summed E-state index contributed by atoms with van der Waals surface area (Å²) >= 11 is 0. The first kappa shape index (κ1) is 14.2. The molecule has 0 bridgehead atoms. The number of carbonyl (C=O) groups excluding carboxylic acids is 1. The SMILES string of the molecule is CC1CC(C(=O)O)CCN1C(=O)N(C)CC1CCC1. The van der Waals surface area contributed by atoms with Crippen LogP contribution >= 0.6 is 0 Å². The molecular weight excluding hydrogens is 244 g/mol. The molecule has 1 saturated heterocycles. The van der Waals surface area contributed by atoms with Crippen molar-refractivity contribution in [1.29, 1.82) is 0 Å². The van der Waals surface area contributed by atoms with E-state index >= 15 is 0 Å². The van der Waals surface area contributed by atoms with Gasteiger partial charge in [-0.3, -0.25) is 4.79 Å². The molecule has 2 amide bonds. The second-order valence-corrected chi connectivity index (χ2v) is 6.06. The second kappa shape index (κ2) is 5.80. The summed E-state index contributed by atoms with van der Waals surface area (Å²) in [5.74, 6) is -0.362. The van der Waals surface area contributed by atoms with Gasteiger partial charge in [0.1, 0.15) is 0 Å². The Morgan fingerprint density at radius 1 is 1.32 bits per heavy atom. The lowest BCUT2D eigenvalue weighted by molar-refractivity contribution is -0.143. The largest absolute Gasteiger partial charge is 0.481 e. The first-order chi connectivity index (χ1) is 8.99. The van der Waals surface area contributed by atoms with E-state index in [4.69, 9.17) is 5.11 Å². The zero-order valence-corrected chi connectivity index (χ0v) is 11.8. The molecule has 2 unspecified atom stereocenters. The van der Waals surface area contributed by atoms with Crippen molar-refractivity contribution in [3.05, 3.63) is 0 Å². The lowest BCUT2D eigenvalue weighted by atomic mass is 9.85. The number of amides is 2. The Morgan fingerprint density at radius 3 is 2.47 bits per heavy atom. The molecule has 108 valence electrons. The molecule has 0 radical (unpaired) electrons. The van der Waals surface area contributed by atoms with Crippen molar-refractivity contribution in [1.82, 2.24) is 9.80 Å². The minimum atomic E-state index is -0.734. The maximum absolute atomic E-state index is 12.4. The van der Waals surface area contributed by atoms with E-state index in [2.05, 4.69) is 0 Å². The molecule has 5 nitrogen and oxygen atoms in total. The van der Waals surface area contributed by atoms with E-state index in [1.807, 2.05) is 18.9 Å². The third-order valence-electron chi connectivity index (χ3n) is 4.55. The van der Waals surface area contributed by atoms with Crippen molar-refractivity contribution in [3.63, 3.8) is 0 Å². The molecule has 0 aromatic rings. The Labute approximate surface area is 114 Å². The van der Waals surface area contributed by atoms with Crippen LogP contribution in [-0.2, 0) is 4.79 Å². The van der Waals surface area contributed by atoms with Crippen LogP contribution in [0.4, 0.5) is 4.79 Å². The predicted octanol–water partition coefficient (Wildman–Crippen LogP) is 2.02. The van der Waals surface area contributed by atoms with Gasteiger partial charge in [0.05, 0.1) is 5.92 Å². The van der Waals surface area contributed by atoms with Crippen LogP contribution in [0.1, 0.15) is 39.0 Å². The smallest absolute Gasteiger partial charge is 0.319 e. The van der Waals surface area contributed by atoms with Crippen LogP contribution in [0.3, 0.4) is 0 Å². The van der Waals surface area contributed by atoms with E-state index in [0.717, 1.165) is 6.54 Å². The number of aliphatic carboxylic acids is 1. The van der Waals surface area contributed by atoms with Crippen LogP contribution in [0.25, 0.3) is 0 Å². The van der Waals surface area contributed by atoms with Crippen molar-refractivity contribution in [2.45, 2.75) is 45.1 Å². The highest BCUT2D eigenvalue weighted by Gasteiger charge is 2.34. The van der Waals surface area contributed by atoms with Gasteiger partial charge in [-0.05, 0) is 38.5 Å². The van der Waals surface area contributed by atoms with Gasteiger partial charge >= 0.3 is 12.0 Å². The summed E-state index contributed by atoms with van der Waals surface area (Å²) in [5, 5.41) is 9.03. The van der Waals surface area contributed by atoms with Gasteiger partial charge in [0.2, 0.25) is 0 Å². The number of likely N-dealkylation sites (tertiary alicyclic amines) is 1. The van der Waals surface area contributed by atoms with E-state index in [1.165, 1.54) is 19.3 Å². The lowest BCUT2D eigenvalue weighted by Crippen LogP contribution is -2.51. The topological polar surface area (TPSA) is 60.9 Å². The van der Waals surface area contributed by atoms with Crippen molar-refractivity contribution in [2.24, 2.45) is 11.8 Å². The van der Waals surface area contributed by atoms with Gasteiger partial charge in [-0.25, -0.2) is 4.79 Å². The number of nitrogens with zero attached hydrogens (tertiary/aromatic N) is 2. The Balaban J connectivity index is 1.86. The normalized spacial score (nSPS) is 27.8. The van der Waals surface area contributed by atoms with Crippen molar-refractivity contribution >= 4 is 12.0 Å². The van der Waals surface area contributed by atoms with Gasteiger partial charge in [0.15, 0.2) is 0 Å². The maximum atomic E-state index is 12.4. The minimum Gasteiger partial charge on any atom is -0.481 e. The van der Waals surface area contributed by atoms with Crippen molar-refractivity contribution < 1.29 is 14.7 Å². The lowest BCUT2D eigenvalue weighted by Gasteiger charge is -2.40. The molecule has 2 fully saturated rings. The summed E-state index contributed by atoms with van der Waals surface area (Å²) < 4.78 is 0. The van der Waals surface area contributed by atoms with Gasteiger partial charge in [-0.1, -0.05) is 6.42 Å². The number of carboxylic acid groups (broad SMARTS) is 1. The molecule has 1 aliphatic heterocycles. The fraction of sp³-hybridized carbons (Fsp3) is 0.857. The molecule has 0 spiro atoms. The van der Waals surface area contributed by atoms with Crippen LogP contribution in [0.5, 0.6) is 0 Å². The van der Waals surface area contributed by atoms with Crippen molar-refractivity contribution in [3.8, 4) is 0 Å². The highest BCUT2D eigenvalue weighted by atomic mass is 16.4. The summed E-state index contributed by atoms with van der Waals surface area (Å²) in [4.78, 5) is 27.0. The molecule has 1 aliphatic carbocycles. The molecule has 2 aliphatic rings. The van der Waals surface area contributed by atoms with Crippen LogP contribution in [-0.4, -0.2) is 53.1 Å². The highest BCUT2D eigenvalue weighted by molar-refractivity contribution is 5.75. The maximum Gasteiger partial charge on any atom is 0.319 e. The number of hydrogen-bond donors (Lipinski definition) is 1. The molecule has 1 saturated carbocycles. The van der Waals surface area contributed by atoms with Crippen LogP contribution in [0, 0.1) is 11.8 Å². The molecule has 2 atom stereocenters. The van der Waals surface area contributed by atoms with Gasteiger partial charge in [0.25, 0.3) is 0 Å². The standard InChI is InChI=1S/C14H24N2O3/c1-10-8-12(13(17)18)6-7-16(10)14(19)15(2)9-11-4-3-5-11/h10-12H,3-9H2,1-2H3,(H,17,18). The number of carbonyl (C=O) groups is 2. The number of piperidine rings is 1. The molecule has 2 rings (SSSR count).